The van der Waals surface area contributed by atoms with Crippen molar-refractivity contribution >= 4 is 17.3 Å². The van der Waals surface area contributed by atoms with Crippen LogP contribution < -0.4 is 16.8 Å². The number of amides is 1. The van der Waals surface area contributed by atoms with Crippen molar-refractivity contribution in [3.8, 4) is 0 Å². The van der Waals surface area contributed by atoms with Crippen LogP contribution in [0.2, 0.25) is 0 Å². The molecule has 6 heteroatoms. The second kappa shape index (κ2) is 7.12. The van der Waals surface area contributed by atoms with Gasteiger partial charge in [-0.15, -0.1) is 0 Å². The predicted molar refractivity (Wildman–Crippen MR) is 79.7 cm³/mol. The van der Waals surface area contributed by atoms with Gasteiger partial charge in [-0.3, -0.25) is 9.69 Å². The van der Waals surface area contributed by atoms with E-state index in [1.54, 1.807) is 18.2 Å². The number of para-hydroxylation sites is 1. The molecule has 0 aromatic heterocycles. The maximum Gasteiger partial charge on any atom is 0.250 e. The lowest BCUT2D eigenvalue weighted by Gasteiger charge is -2.26. The number of nitrogen functional groups attached to an aromatic ring is 1. The van der Waals surface area contributed by atoms with Crippen LogP contribution in [0.5, 0.6) is 0 Å². The third-order valence-corrected chi connectivity index (χ3v) is 3.42. The smallest absolute Gasteiger partial charge is 0.250 e. The number of morpholine rings is 1. The first-order valence-corrected chi connectivity index (χ1v) is 6.91. The van der Waals surface area contributed by atoms with Gasteiger partial charge in [0.05, 0.1) is 30.2 Å². The zero-order valence-electron chi connectivity index (χ0n) is 11.6. The summed E-state index contributed by atoms with van der Waals surface area (Å²) >= 11 is 0. The SMILES string of the molecule is NC(=O)c1cccc(N)c1NCCCN1CCOCC1. The zero-order valence-corrected chi connectivity index (χ0v) is 11.6. The van der Waals surface area contributed by atoms with Gasteiger partial charge in [-0.2, -0.15) is 0 Å². The van der Waals surface area contributed by atoms with Gasteiger partial charge in [0.15, 0.2) is 0 Å². The van der Waals surface area contributed by atoms with E-state index in [0.717, 1.165) is 45.8 Å². The maximum absolute atomic E-state index is 11.4. The molecule has 1 aliphatic heterocycles. The summed E-state index contributed by atoms with van der Waals surface area (Å²) in [6.07, 6.45) is 0.979. The van der Waals surface area contributed by atoms with Gasteiger partial charge < -0.3 is 21.5 Å². The zero-order chi connectivity index (χ0) is 14.4. The molecule has 0 aliphatic carbocycles. The van der Waals surface area contributed by atoms with Crippen molar-refractivity contribution in [2.75, 3.05) is 50.4 Å². The fourth-order valence-electron chi connectivity index (χ4n) is 2.31. The average Bonchev–Trinajstić information content (AvgIpc) is 2.45. The van der Waals surface area contributed by atoms with Gasteiger partial charge in [0.25, 0.3) is 5.91 Å². The van der Waals surface area contributed by atoms with Crippen molar-refractivity contribution in [3.05, 3.63) is 23.8 Å². The molecule has 1 heterocycles. The summed E-state index contributed by atoms with van der Waals surface area (Å²) < 4.78 is 5.31. The van der Waals surface area contributed by atoms with Crippen molar-refractivity contribution in [1.82, 2.24) is 4.90 Å². The highest BCUT2D eigenvalue weighted by Crippen LogP contribution is 2.22. The largest absolute Gasteiger partial charge is 0.397 e. The first-order chi connectivity index (χ1) is 9.68. The normalized spacial score (nSPS) is 16.0. The fraction of sp³-hybridized carbons (Fsp3) is 0.500. The molecule has 0 bridgehead atoms. The van der Waals surface area contributed by atoms with Crippen molar-refractivity contribution in [3.63, 3.8) is 0 Å². The molecule has 110 valence electrons. The highest BCUT2D eigenvalue weighted by Gasteiger charge is 2.12. The molecule has 1 saturated heterocycles. The Hall–Kier alpha value is -1.79. The lowest BCUT2D eigenvalue weighted by molar-refractivity contribution is 0.0378. The minimum atomic E-state index is -0.465. The van der Waals surface area contributed by atoms with Gasteiger partial charge in [-0.1, -0.05) is 6.07 Å². The minimum Gasteiger partial charge on any atom is -0.397 e. The van der Waals surface area contributed by atoms with Crippen LogP contribution in [0.4, 0.5) is 11.4 Å². The van der Waals surface area contributed by atoms with Gasteiger partial charge in [0.1, 0.15) is 0 Å². The van der Waals surface area contributed by atoms with Gasteiger partial charge in [0.2, 0.25) is 0 Å². The van der Waals surface area contributed by atoms with E-state index in [2.05, 4.69) is 10.2 Å². The molecule has 20 heavy (non-hydrogen) atoms. The van der Waals surface area contributed by atoms with Crippen LogP contribution in [-0.4, -0.2) is 50.2 Å². The Bertz CT molecular complexity index is 458. The second-order valence-corrected chi connectivity index (χ2v) is 4.87. The lowest BCUT2D eigenvalue weighted by atomic mass is 10.1. The molecular weight excluding hydrogens is 256 g/mol. The Morgan fingerprint density at radius 1 is 1.35 bits per heavy atom. The molecule has 0 radical (unpaired) electrons. The lowest BCUT2D eigenvalue weighted by Crippen LogP contribution is -2.37. The number of ether oxygens (including phenoxy) is 1. The van der Waals surface area contributed by atoms with Crippen molar-refractivity contribution < 1.29 is 9.53 Å². The van der Waals surface area contributed by atoms with Gasteiger partial charge in [-0.25, -0.2) is 0 Å². The van der Waals surface area contributed by atoms with Crippen molar-refractivity contribution in [1.29, 1.82) is 0 Å². The van der Waals surface area contributed by atoms with E-state index in [-0.39, 0.29) is 0 Å². The summed E-state index contributed by atoms with van der Waals surface area (Å²) in [6, 6.07) is 5.17. The fourth-order valence-corrected chi connectivity index (χ4v) is 2.31. The van der Waals surface area contributed by atoms with Gasteiger partial charge >= 0.3 is 0 Å². The molecule has 1 fully saturated rings. The molecule has 6 nitrogen and oxygen atoms in total. The van der Waals surface area contributed by atoms with E-state index >= 15 is 0 Å². The number of carbonyl (C=O) groups excluding carboxylic acids is 1. The number of anilines is 2. The summed E-state index contributed by atoms with van der Waals surface area (Å²) in [5.74, 6) is -0.465. The van der Waals surface area contributed by atoms with Crippen LogP contribution in [0.3, 0.4) is 0 Å². The van der Waals surface area contributed by atoms with Gasteiger partial charge in [0, 0.05) is 19.6 Å². The topological polar surface area (TPSA) is 93.6 Å². The van der Waals surface area contributed by atoms with Crippen molar-refractivity contribution in [2.24, 2.45) is 5.73 Å². The standard InChI is InChI=1S/C14H22N4O2/c15-12-4-1-3-11(14(16)19)13(12)17-5-2-6-18-7-9-20-10-8-18/h1,3-4,17H,2,5-10,15H2,(H2,16,19). The second-order valence-electron chi connectivity index (χ2n) is 4.87. The van der Waals surface area contributed by atoms with E-state index in [9.17, 15) is 4.79 Å². The number of nitrogens with two attached hydrogens (primary N) is 2. The first-order valence-electron chi connectivity index (χ1n) is 6.91. The van der Waals surface area contributed by atoms with Crippen LogP contribution in [0.15, 0.2) is 18.2 Å². The molecule has 1 amide bonds. The molecule has 0 saturated carbocycles. The van der Waals surface area contributed by atoms with Gasteiger partial charge in [-0.05, 0) is 25.1 Å². The maximum atomic E-state index is 11.4. The van der Waals surface area contributed by atoms with Crippen LogP contribution >= 0.6 is 0 Å². The van der Waals surface area contributed by atoms with E-state index in [4.69, 9.17) is 16.2 Å². The minimum absolute atomic E-state index is 0.441. The highest BCUT2D eigenvalue weighted by atomic mass is 16.5. The molecule has 5 N–H and O–H groups in total. The van der Waals surface area contributed by atoms with Crippen LogP contribution in [-0.2, 0) is 4.74 Å². The Balaban J connectivity index is 1.83. The summed E-state index contributed by atoms with van der Waals surface area (Å²) in [7, 11) is 0. The Labute approximate surface area is 119 Å². The quantitative estimate of drug-likeness (QED) is 0.520. The first kappa shape index (κ1) is 14.6. The van der Waals surface area contributed by atoms with E-state index in [1.165, 1.54) is 0 Å². The number of hydrogen-bond donors (Lipinski definition) is 3. The summed E-state index contributed by atoms with van der Waals surface area (Å²) in [4.78, 5) is 13.7. The summed E-state index contributed by atoms with van der Waals surface area (Å²) in [5, 5.41) is 3.22. The van der Waals surface area contributed by atoms with Crippen LogP contribution in [0, 0.1) is 0 Å². The number of benzene rings is 1. The molecule has 2 rings (SSSR count). The van der Waals surface area contributed by atoms with Crippen molar-refractivity contribution in [2.45, 2.75) is 6.42 Å². The van der Waals surface area contributed by atoms with Crippen LogP contribution in [0.25, 0.3) is 0 Å². The molecule has 1 aliphatic rings. The third-order valence-electron chi connectivity index (χ3n) is 3.42. The number of carbonyl (C=O) groups is 1. The molecule has 0 atom stereocenters. The number of rotatable bonds is 6. The predicted octanol–water partition coefficient (Wildman–Crippen LogP) is 0.502. The molecule has 1 aromatic carbocycles. The number of nitrogens with one attached hydrogen (secondary N) is 1. The summed E-state index contributed by atoms with van der Waals surface area (Å²) in [5.41, 5.74) is 12.9. The van der Waals surface area contributed by atoms with Crippen LogP contribution in [0.1, 0.15) is 16.8 Å². The Morgan fingerprint density at radius 3 is 2.80 bits per heavy atom. The average molecular weight is 278 g/mol. The van der Waals surface area contributed by atoms with E-state index in [0.29, 0.717) is 16.9 Å². The molecular formula is C14H22N4O2. The highest BCUT2D eigenvalue weighted by molar-refractivity contribution is 6.01. The summed E-state index contributed by atoms with van der Waals surface area (Å²) in [6.45, 7) is 5.36. The Morgan fingerprint density at radius 2 is 2.10 bits per heavy atom. The molecule has 0 unspecified atom stereocenters. The molecule has 0 spiro atoms. The Kier molecular flexibility index (Phi) is 5.20. The number of hydrogen-bond acceptors (Lipinski definition) is 5. The van der Waals surface area contributed by atoms with E-state index in [1.807, 2.05) is 0 Å². The van der Waals surface area contributed by atoms with E-state index < -0.39 is 5.91 Å². The third kappa shape index (κ3) is 3.85. The number of primary amides is 1. The molecule has 1 aromatic rings. The number of nitrogens with zero attached hydrogens (tertiary/aromatic N) is 1. The monoisotopic (exact) mass is 278 g/mol.